The van der Waals surface area contributed by atoms with E-state index in [9.17, 15) is 4.79 Å². The predicted octanol–water partition coefficient (Wildman–Crippen LogP) is 2.02. The Morgan fingerprint density at radius 3 is 2.46 bits per heavy atom. The van der Waals surface area contributed by atoms with Crippen LogP contribution in [0.4, 0.5) is 4.79 Å². The molecule has 0 bridgehead atoms. The zero-order chi connectivity index (χ0) is 9.26. The number of nitrogens with zero attached hydrogens (tertiary/aromatic N) is 1. The lowest BCUT2D eigenvalue weighted by Gasteiger charge is -2.35. The van der Waals surface area contributed by atoms with Gasteiger partial charge in [-0.3, -0.25) is 0 Å². The number of likely N-dealkylation sites (tertiary alicyclic amines) is 1. The Kier molecular flexibility index (Phi) is 2.42. The molecule has 0 unspecified atom stereocenters. The fourth-order valence-electron chi connectivity index (χ4n) is 1.74. The monoisotopic (exact) mass is 183 g/mol. The van der Waals surface area contributed by atoms with Gasteiger partial charge in [0, 0.05) is 13.1 Å². The van der Waals surface area contributed by atoms with Crippen molar-refractivity contribution in [2.24, 2.45) is 5.92 Å². The van der Waals surface area contributed by atoms with E-state index < -0.39 is 0 Å². The van der Waals surface area contributed by atoms with E-state index in [1.807, 2.05) is 6.92 Å². The molecule has 1 aliphatic heterocycles. The topological polar surface area (TPSA) is 29.5 Å². The minimum absolute atomic E-state index is 0.106. The highest BCUT2D eigenvalue weighted by Gasteiger charge is 2.29. The van der Waals surface area contributed by atoms with E-state index in [1.54, 1.807) is 4.90 Å². The normalized spacial score (nSPS) is 24.5. The Labute approximate surface area is 79.0 Å². The number of hydrogen-bond acceptors (Lipinski definition) is 2. The van der Waals surface area contributed by atoms with Crippen LogP contribution in [0.2, 0.25) is 0 Å². The molecule has 0 aromatic rings. The lowest BCUT2D eigenvalue weighted by atomic mass is 9.82. The molecule has 74 valence electrons. The third-order valence-electron chi connectivity index (χ3n) is 3.21. The van der Waals surface area contributed by atoms with Crippen LogP contribution in [0.25, 0.3) is 0 Å². The van der Waals surface area contributed by atoms with Crippen LogP contribution in [0.1, 0.15) is 32.6 Å². The summed E-state index contributed by atoms with van der Waals surface area (Å²) in [5.41, 5.74) is 0. The first-order valence-corrected chi connectivity index (χ1v) is 5.23. The molecule has 2 aliphatic rings. The standard InChI is InChI=1S/C10H17NO2/c1-8(9-4-2-5-9)13-10(12)11-6-3-7-11/h8-9H,2-7H2,1H3/t8-/m0/s1. The second-order valence-electron chi connectivity index (χ2n) is 4.12. The van der Waals surface area contributed by atoms with Crippen LogP contribution in [0.15, 0.2) is 0 Å². The maximum absolute atomic E-state index is 11.4. The van der Waals surface area contributed by atoms with Crippen molar-refractivity contribution in [3.8, 4) is 0 Å². The van der Waals surface area contributed by atoms with Gasteiger partial charge in [-0.2, -0.15) is 0 Å². The highest BCUT2D eigenvalue weighted by Crippen LogP contribution is 2.31. The molecule has 0 spiro atoms. The summed E-state index contributed by atoms with van der Waals surface area (Å²) in [7, 11) is 0. The van der Waals surface area contributed by atoms with Crippen molar-refractivity contribution in [1.29, 1.82) is 0 Å². The number of amides is 1. The summed E-state index contributed by atoms with van der Waals surface area (Å²) in [6.07, 6.45) is 4.92. The number of carbonyl (C=O) groups excluding carboxylic acids is 1. The SMILES string of the molecule is C[C@H](OC(=O)N1CCC1)C1CCC1. The van der Waals surface area contributed by atoms with Crippen molar-refractivity contribution in [3.63, 3.8) is 0 Å². The lowest BCUT2D eigenvalue weighted by Crippen LogP contribution is -2.44. The van der Waals surface area contributed by atoms with Gasteiger partial charge < -0.3 is 9.64 Å². The third kappa shape index (κ3) is 1.79. The van der Waals surface area contributed by atoms with Crippen LogP contribution < -0.4 is 0 Å². The molecule has 3 heteroatoms. The Morgan fingerprint density at radius 2 is 2.08 bits per heavy atom. The van der Waals surface area contributed by atoms with E-state index in [2.05, 4.69) is 0 Å². The maximum atomic E-state index is 11.4. The van der Waals surface area contributed by atoms with Crippen molar-refractivity contribution in [1.82, 2.24) is 4.90 Å². The van der Waals surface area contributed by atoms with Crippen molar-refractivity contribution in [2.75, 3.05) is 13.1 Å². The van der Waals surface area contributed by atoms with Crippen LogP contribution in [0.3, 0.4) is 0 Å². The van der Waals surface area contributed by atoms with Crippen LogP contribution in [0.5, 0.6) is 0 Å². The molecule has 2 fully saturated rings. The molecular formula is C10H17NO2. The van der Waals surface area contributed by atoms with Gasteiger partial charge in [-0.25, -0.2) is 4.79 Å². The molecule has 0 radical (unpaired) electrons. The molecule has 13 heavy (non-hydrogen) atoms. The molecule has 3 nitrogen and oxygen atoms in total. The fraction of sp³-hybridized carbons (Fsp3) is 0.900. The predicted molar refractivity (Wildman–Crippen MR) is 49.5 cm³/mol. The summed E-state index contributed by atoms with van der Waals surface area (Å²) in [6.45, 7) is 3.79. The van der Waals surface area contributed by atoms with E-state index in [0.717, 1.165) is 19.5 Å². The van der Waals surface area contributed by atoms with Gasteiger partial charge in [-0.05, 0) is 32.1 Å². The molecule has 1 amide bonds. The van der Waals surface area contributed by atoms with Gasteiger partial charge in [0.2, 0.25) is 0 Å². The van der Waals surface area contributed by atoms with Gasteiger partial charge in [0.1, 0.15) is 6.10 Å². The van der Waals surface area contributed by atoms with E-state index in [0.29, 0.717) is 5.92 Å². The number of ether oxygens (including phenoxy) is 1. The smallest absolute Gasteiger partial charge is 0.410 e. The molecule has 1 aliphatic carbocycles. The summed E-state index contributed by atoms with van der Waals surface area (Å²) in [5, 5.41) is 0. The van der Waals surface area contributed by atoms with Gasteiger partial charge in [-0.1, -0.05) is 6.42 Å². The van der Waals surface area contributed by atoms with Gasteiger partial charge in [0.15, 0.2) is 0 Å². The quantitative estimate of drug-likeness (QED) is 0.655. The van der Waals surface area contributed by atoms with Crippen molar-refractivity contribution in [2.45, 2.75) is 38.7 Å². The van der Waals surface area contributed by atoms with Gasteiger partial charge in [0.05, 0.1) is 0 Å². The van der Waals surface area contributed by atoms with Gasteiger partial charge in [0.25, 0.3) is 0 Å². The summed E-state index contributed by atoms with van der Waals surface area (Å²) < 4.78 is 5.35. The van der Waals surface area contributed by atoms with Crippen molar-refractivity contribution in [3.05, 3.63) is 0 Å². The van der Waals surface area contributed by atoms with Crippen LogP contribution in [-0.4, -0.2) is 30.2 Å². The highest BCUT2D eigenvalue weighted by molar-refractivity contribution is 5.68. The first-order chi connectivity index (χ1) is 6.27. The molecule has 0 N–H and O–H groups in total. The lowest BCUT2D eigenvalue weighted by molar-refractivity contribution is 0.0120. The minimum atomic E-state index is -0.106. The van der Waals surface area contributed by atoms with Gasteiger partial charge >= 0.3 is 6.09 Å². The first kappa shape index (κ1) is 8.85. The second kappa shape index (κ2) is 3.56. The molecule has 1 heterocycles. The van der Waals surface area contributed by atoms with Gasteiger partial charge in [-0.15, -0.1) is 0 Å². The summed E-state index contributed by atoms with van der Waals surface area (Å²) in [5.74, 6) is 0.630. The van der Waals surface area contributed by atoms with Crippen molar-refractivity contribution < 1.29 is 9.53 Å². The zero-order valence-corrected chi connectivity index (χ0v) is 8.16. The molecule has 0 aromatic heterocycles. The number of rotatable bonds is 2. The minimum Gasteiger partial charge on any atom is -0.446 e. The first-order valence-electron chi connectivity index (χ1n) is 5.23. The molecule has 1 saturated carbocycles. The Morgan fingerprint density at radius 1 is 1.38 bits per heavy atom. The maximum Gasteiger partial charge on any atom is 0.410 e. The summed E-state index contributed by atoms with van der Waals surface area (Å²) in [4.78, 5) is 13.2. The van der Waals surface area contributed by atoms with Crippen LogP contribution >= 0.6 is 0 Å². The fourth-order valence-corrected chi connectivity index (χ4v) is 1.74. The Hall–Kier alpha value is -0.730. The Bertz CT molecular complexity index is 197. The van der Waals surface area contributed by atoms with Crippen LogP contribution in [0, 0.1) is 5.92 Å². The largest absolute Gasteiger partial charge is 0.446 e. The molecule has 0 aromatic carbocycles. The van der Waals surface area contributed by atoms with Crippen LogP contribution in [-0.2, 0) is 4.74 Å². The zero-order valence-electron chi connectivity index (χ0n) is 8.16. The van der Waals surface area contributed by atoms with E-state index in [4.69, 9.17) is 4.74 Å². The third-order valence-corrected chi connectivity index (χ3v) is 3.21. The van der Waals surface area contributed by atoms with Crippen molar-refractivity contribution >= 4 is 6.09 Å². The Balaban J connectivity index is 1.72. The molecule has 1 saturated heterocycles. The molecule has 1 atom stereocenters. The average Bonchev–Trinajstić information content (AvgIpc) is 1.76. The van der Waals surface area contributed by atoms with E-state index in [-0.39, 0.29) is 12.2 Å². The molecular weight excluding hydrogens is 166 g/mol. The average molecular weight is 183 g/mol. The number of carbonyl (C=O) groups is 1. The molecule has 2 rings (SSSR count). The number of hydrogen-bond donors (Lipinski definition) is 0. The van der Waals surface area contributed by atoms with E-state index in [1.165, 1.54) is 19.3 Å². The summed E-state index contributed by atoms with van der Waals surface area (Å²) >= 11 is 0. The second-order valence-corrected chi connectivity index (χ2v) is 4.12. The highest BCUT2D eigenvalue weighted by atomic mass is 16.6. The summed E-state index contributed by atoms with van der Waals surface area (Å²) in [6, 6.07) is 0. The van der Waals surface area contributed by atoms with E-state index >= 15 is 0 Å².